The predicted octanol–water partition coefficient (Wildman–Crippen LogP) is 8.58. The van der Waals surface area contributed by atoms with Gasteiger partial charge in [0.25, 0.3) is 0 Å². The molecule has 0 heterocycles. The molecule has 0 radical (unpaired) electrons. The molecule has 2 unspecified atom stereocenters. The van der Waals surface area contributed by atoms with Crippen molar-refractivity contribution in [3.05, 3.63) is 59.7 Å². The number of phenolic OH excluding ortho intramolecular Hbond substituents is 2. The fourth-order valence-electron chi connectivity index (χ4n) is 5.18. The van der Waals surface area contributed by atoms with Crippen molar-refractivity contribution in [2.24, 2.45) is 0 Å². The first kappa shape index (κ1) is 29.7. The summed E-state index contributed by atoms with van der Waals surface area (Å²) >= 11 is 0. The highest BCUT2D eigenvalue weighted by Gasteiger charge is 2.24. The molecule has 2 rings (SSSR count). The van der Waals surface area contributed by atoms with Gasteiger partial charge in [-0.15, -0.1) is 0 Å². The van der Waals surface area contributed by atoms with Gasteiger partial charge >= 0.3 is 0 Å². The number of hydrogen-bond donors (Lipinski definition) is 3. The number of phenols is 2. The fourth-order valence-corrected chi connectivity index (χ4v) is 5.18. The maximum absolute atomic E-state index is 12.1. The normalized spacial score (nSPS) is 12.8. The van der Waals surface area contributed by atoms with Crippen molar-refractivity contribution in [3.63, 3.8) is 0 Å². The lowest BCUT2D eigenvalue weighted by Crippen LogP contribution is -2.23. The van der Waals surface area contributed by atoms with E-state index in [0.717, 1.165) is 57.9 Å². The Balaban J connectivity index is 1.79. The molecule has 0 spiro atoms. The molecule has 4 nitrogen and oxygen atoms in total. The van der Waals surface area contributed by atoms with E-state index in [4.69, 9.17) is 0 Å². The van der Waals surface area contributed by atoms with Crippen molar-refractivity contribution >= 4 is 5.91 Å². The molecule has 2 atom stereocenters. The van der Waals surface area contributed by atoms with Crippen molar-refractivity contribution in [2.45, 2.75) is 116 Å². The average molecular weight is 496 g/mol. The fraction of sp³-hybridized carbons (Fsp3) is 0.594. The third-order valence-electron chi connectivity index (χ3n) is 7.25. The van der Waals surface area contributed by atoms with E-state index in [1.165, 1.54) is 43.2 Å². The van der Waals surface area contributed by atoms with E-state index >= 15 is 0 Å². The number of benzene rings is 2. The van der Waals surface area contributed by atoms with Crippen molar-refractivity contribution in [2.75, 3.05) is 6.54 Å². The maximum Gasteiger partial charge on any atom is 0.219 e. The van der Waals surface area contributed by atoms with Gasteiger partial charge in [-0.2, -0.15) is 0 Å². The van der Waals surface area contributed by atoms with Crippen LogP contribution in [-0.2, 0) is 4.79 Å². The number of carbonyl (C=O) groups excluding carboxylic acids is 1. The lowest BCUT2D eigenvalue weighted by molar-refractivity contribution is -0.121. The van der Waals surface area contributed by atoms with Crippen LogP contribution in [0.2, 0.25) is 0 Å². The van der Waals surface area contributed by atoms with E-state index in [1.54, 1.807) is 24.3 Å². The summed E-state index contributed by atoms with van der Waals surface area (Å²) in [7, 11) is 0. The Labute approximate surface area is 219 Å². The summed E-state index contributed by atoms with van der Waals surface area (Å²) in [6.07, 6.45) is 15.6. The zero-order valence-corrected chi connectivity index (χ0v) is 22.7. The second-order valence-corrected chi connectivity index (χ2v) is 10.3. The van der Waals surface area contributed by atoms with Crippen LogP contribution in [0.25, 0.3) is 0 Å². The van der Waals surface area contributed by atoms with E-state index < -0.39 is 0 Å². The van der Waals surface area contributed by atoms with Gasteiger partial charge in [0.05, 0.1) is 0 Å². The minimum Gasteiger partial charge on any atom is -0.508 e. The molecular weight excluding hydrogens is 446 g/mol. The predicted molar refractivity (Wildman–Crippen MR) is 151 cm³/mol. The van der Waals surface area contributed by atoms with E-state index in [0.29, 0.717) is 29.8 Å². The van der Waals surface area contributed by atoms with Crippen molar-refractivity contribution < 1.29 is 15.0 Å². The molecule has 2 aromatic carbocycles. The molecule has 0 aliphatic carbocycles. The van der Waals surface area contributed by atoms with Crippen LogP contribution in [0.5, 0.6) is 11.5 Å². The van der Waals surface area contributed by atoms with Crippen LogP contribution in [-0.4, -0.2) is 22.7 Å². The zero-order chi connectivity index (χ0) is 26.0. The van der Waals surface area contributed by atoms with Gasteiger partial charge in [0.1, 0.15) is 11.5 Å². The molecule has 4 heteroatoms. The first-order chi connectivity index (χ1) is 17.5. The third kappa shape index (κ3) is 11.5. The van der Waals surface area contributed by atoms with Gasteiger partial charge in [-0.25, -0.2) is 0 Å². The van der Waals surface area contributed by atoms with Gasteiger partial charge in [-0.3, -0.25) is 4.79 Å². The van der Waals surface area contributed by atoms with Crippen molar-refractivity contribution in [3.8, 4) is 11.5 Å². The standard InChI is InChI=1S/C32H49NO3/c1-3-5-6-7-10-13-25-33-32(36)16-12-9-8-11-15-31(27-19-23-29(35)24-20-27)30(14-4-2)26-17-21-28(34)22-18-26/h17-24,30-31,34-35H,3-16,25H2,1-2H3,(H,33,36). The summed E-state index contributed by atoms with van der Waals surface area (Å²) in [4.78, 5) is 12.1. The van der Waals surface area contributed by atoms with Gasteiger partial charge < -0.3 is 15.5 Å². The van der Waals surface area contributed by atoms with E-state index in [-0.39, 0.29) is 5.91 Å². The van der Waals surface area contributed by atoms with Crippen LogP contribution < -0.4 is 5.32 Å². The maximum atomic E-state index is 12.1. The second-order valence-electron chi connectivity index (χ2n) is 10.3. The Bertz CT molecular complexity index is 831. The highest BCUT2D eigenvalue weighted by Crippen LogP contribution is 2.41. The lowest BCUT2D eigenvalue weighted by atomic mass is 9.76. The average Bonchev–Trinajstić information content (AvgIpc) is 2.88. The zero-order valence-electron chi connectivity index (χ0n) is 22.7. The number of rotatable bonds is 19. The molecule has 0 saturated carbocycles. The number of unbranched alkanes of at least 4 members (excludes halogenated alkanes) is 8. The van der Waals surface area contributed by atoms with Crippen LogP contribution >= 0.6 is 0 Å². The number of nitrogens with one attached hydrogen (secondary N) is 1. The van der Waals surface area contributed by atoms with Crippen LogP contribution in [0, 0.1) is 0 Å². The molecule has 2 aromatic rings. The Morgan fingerprint density at radius 1 is 0.639 bits per heavy atom. The molecule has 0 saturated heterocycles. The van der Waals surface area contributed by atoms with E-state index in [9.17, 15) is 15.0 Å². The van der Waals surface area contributed by atoms with Gasteiger partial charge in [-0.1, -0.05) is 95.9 Å². The molecule has 0 fully saturated rings. The lowest BCUT2D eigenvalue weighted by Gasteiger charge is -2.28. The summed E-state index contributed by atoms with van der Waals surface area (Å²) in [6, 6.07) is 15.3. The number of hydrogen-bond acceptors (Lipinski definition) is 3. The van der Waals surface area contributed by atoms with Gasteiger partial charge in [0, 0.05) is 13.0 Å². The Kier molecular flexibility index (Phi) is 14.8. The summed E-state index contributed by atoms with van der Waals surface area (Å²) in [5, 5.41) is 22.6. The minimum atomic E-state index is 0.195. The first-order valence-corrected chi connectivity index (χ1v) is 14.4. The number of amides is 1. The van der Waals surface area contributed by atoms with E-state index in [2.05, 4.69) is 31.3 Å². The monoisotopic (exact) mass is 495 g/mol. The number of carbonyl (C=O) groups is 1. The molecule has 3 N–H and O–H groups in total. The highest BCUT2D eigenvalue weighted by molar-refractivity contribution is 5.75. The highest BCUT2D eigenvalue weighted by atomic mass is 16.3. The molecule has 36 heavy (non-hydrogen) atoms. The minimum absolute atomic E-state index is 0.195. The topological polar surface area (TPSA) is 69.6 Å². The first-order valence-electron chi connectivity index (χ1n) is 14.4. The third-order valence-corrected chi connectivity index (χ3v) is 7.25. The van der Waals surface area contributed by atoms with Gasteiger partial charge in [-0.05, 0) is 72.9 Å². The molecule has 0 aliphatic heterocycles. The summed E-state index contributed by atoms with van der Waals surface area (Å²) in [5.74, 6) is 1.51. The van der Waals surface area contributed by atoms with E-state index in [1.807, 2.05) is 12.1 Å². The Morgan fingerprint density at radius 2 is 1.14 bits per heavy atom. The molecule has 200 valence electrons. The van der Waals surface area contributed by atoms with Crippen LogP contribution in [0.15, 0.2) is 48.5 Å². The molecule has 0 bridgehead atoms. The van der Waals surface area contributed by atoms with Crippen molar-refractivity contribution in [1.29, 1.82) is 0 Å². The molecule has 0 aromatic heterocycles. The van der Waals surface area contributed by atoms with Crippen LogP contribution in [0.3, 0.4) is 0 Å². The Hall–Kier alpha value is -2.49. The van der Waals surface area contributed by atoms with Crippen LogP contribution in [0.4, 0.5) is 0 Å². The number of aromatic hydroxyl groups is 2. The van der Waals surface area contributed by atoms with Gasteiger partial charge in [0.15, 0.2) is 0 Å². The molecule has 0 aliphatic rings. The second kappa shape index (κ2) is 17.9. The largest absolute Gasteiger partial charge is 0.508 e. The summed E-state index contributed by atoms with van der Waals surface area (Å²) in [5.41, 5.74) is 2.52. The van der Waals surface area contributed by atoms with Gasteiger partial charge in [0.2, 0.25) is 5.91 Å². The molecular formula is C32H49NO3. The van der Waals surface area contributed by atoms with Crippen molar-refractivity contribution in [1.82, 2.24) is 5.32 Å². The summed E-state index contributed by atoms with van der Waals surface area (Å²) in [6.45, 7) is 5.27. The smallest absolute Gasteiger partial charge is 0.219 e. The SMILES string of the molecule is CCCCCCCCNC(=O)CCCCCCC(c1ccc(O)cc1)C(CCC)c1ccc(O)cc1. The molecule has 1 amide bonds. The summed E-state index contributed by atoms with van der Waals surface area (Å²) < 4.78 is 0. The Morgan fingerprint density at radius 3 is 1.72 bits per heavy atom. The quantitative estimate of drug-likeness (QED) is 0.171. The van der Waals surface area contributed by atoms with Crippen LogP contribution in [0.1, 0.15) is 127 Å².